The Morgan fingerprint density at radius 3 is 2.50 bits per heavy atom. The van der Waals surface area contributed by atoms with Crippen molar-refractivity contribution in [3.63, 3.8) is 0 Å². The Labute approximate surface area is 130 Å². The summed E-state index contributed by atoms with van der Waals surface area (Å²) in [7, 11) is -3.76. The summed E-state index contributed by atoms with van der Waals surface area (Å²) < 4.78 is 26.8. The van der Waals surface area contributed by atoms with Gasteiger partial charge in [0.2, 0.25) is 15.7 Å². The molecule has 1 aromatic rings. The predicted molar refractivity (Wildman–Crippen MR) is 80.1 cm³/mol. The number of hydrogen-bond donors (Lipinski definition) is 1. The van der Waals surface area contributed by atoms with Gasteiger partial charge in [-0.2, -0.15) is 0 Å². The summed E-state index contributed by atoms with van der Waals surface area (Å²) >= 11 is 0. The first-order chi connectivity index (χ1) is 10.5. The smallest absolute Gasteiger partial charge is 0.250 e. The maximum Gasteiger partial charge on any atom is 0.250 e. The summed E-state index contributed by atoms with van der Waals surface area (Å²) in [5, 5.41) is 10.5. The molecule has 0 bridgehead atoms. The molecule has 2 saturated carbocycles. The topological polar surface area (TPSA) is 94.0 Å². The summed E-state index contributed by atoms with van der Waals surface area (Å²) in [5.41, 5.74) is 0. The number of carbonyl (C=O) groups excluding carboxylic acids is 1. The van der Waals surface area contributed by atoms with Crippen molar-refractivity contribution >= 4 is 15.7 Å². The second-order valence-electron chi connectivity index (χ2n) is 6.29. The number of amides is 1. The number of aryl methyl sites for hydroxylation is 1. The zero-order chi connectivity index (χ0) is 15.7. The van der Waals surface area contributed by atoms with Gasteiger partial charge in [-0.25, -0.2) is 8.42 Å². The minimum atomic E-state index is -3.76. The van der Waals surface area contributed by atoms with E-state index in [1.807, 2.05) is 0 Å². The SMILES string of the molecule is Cc1nnc(S(=O)(=O)CC(=O)NC2CC2)n1C1CCCCC1. The maximum atomic E-state index is 12.5. The van der Waals surface area contributed by atoms with E-state index in [1.54, 1.807) is 11.5 Å². The third-order valence-corrected chi connectivity index (χ3v) is 5.79. The largest absolute Gasteiger partial charge is 0.352 e. The van der Waals surface area contributed by atoms with E-state index in [2.05, 4.69) is 15.5 Å². The zero-order valence-electron chi connectivity index (χ0n) is 12.8. The summed E-state index contributed by atoms with van der Waals surface area (Å²) in [6.07, 6.45) is 7.11. The molecule has 7 nitrogen and oxygen atoms in total. The van der Waals surface area contributed by atoms with Crippen molar-refractivity contribution in [1.82, 2.24) is 20.1 Å². The van der Waals surface area contributed by atoms with Gasteiger partial charge in [-0.1, -0.05) is 19.3 Å². The van der Waals surface area contributed by atoms with Crippen LogP contribution in [0.2, 0.25) is 0 Å². The number of nitrogens with one attached hydrogen (secondary N) is 1. The van der Waals surface area contributed by atoms with E-state index < -0.39 is 21.5 Å². The predicted octanol–water partition coefficient (Wildman–Crippen LogP) is 1.14. The third kappa shape index (κ3) is 3.31. The highest BCUT2D eigenvalue weighted by Crippen LogP contribution is 2.31. The van der Waals surface area contributed by atoms with E-state index in [-0.39, 0.29) is 17.2 Å². The first-order valence-corrected chi connectivity index (χ1v) is 9.56. The van der Waals surface area contributed by atoms with Crippen molar-refractivity contribution in [1.29, 1.82) is 0 Å². The summed E-state index contributed by atoms with van der Waals surface area (Å²) in [6.45, 7) is 1.77. The van der Waals surface area contributed by atoms with Crippen LogP contribution in [0.1, 0.15) is 56.8 Å². The molecule has 122 valence electrons. The van der Waals surface area contributed by atoms with Crippen LogP contribution >= 0.6 is 0 Å². The van der Waals surface area contributed by atoms with Crippen LogP contribution in [0.25, 0.3) is 0 Å². The van der Waals surface area contributed by atoms with Gasteiger partial charge in [-0.05, 0) is 32.6 Å². The van der Waals surface area contributed by atoms with Crippen LogP contribution in [0.4, 0.5) is 0 Å². The van der Waals surface area contributed by atoms with Crippen LogP contribution in [0.3, 0.4) is 0 Å². The Hall–Kier alpha value is -1.44. The molecule has 1 aromatic heterocycles. The fourth-order valence-electron chi connectivity index (χ4n) is 3.06. The second kappa shape index (κ2) is 5.98. The van der Waals surface area contributed by atoms with Crippen LogP contribution in [-0.2, 0) is 14.6 Å². The first-order valence-electron chi connectivity index (χ1n) is 7.91. The van der Waals surface area contributed by atoms with Gasteiger partial charge in [0.1, 0.15) is 11.6 Å². The molecule has 22 heavy (non-hydrogen) atoms. The zero-order valence-corrected chi connectivity index (χ0v) is 13.6. The third-order valence-electron chi connectivity index (χ3n) is 4.32. The van der Waals surface area contributed by atoms with Crippen molar-refractivity contribution in [2.24, 2.45) is 0 Å². The fourth-order valence-corrected chi connectivity index (χ4v) is 4.36. The lowest BCUT2D eigenvalue weighted by molar-refractivity contribution is -0.118. The molecule has 0 aliphatic heterocycles. The molecule has 0 atom stereocenters. The number of aromatic nitrogens is 3. The van der Waals surface area contributed by atoms with Crippen molar-refractivity contribution in [2.75, 3.05) is 5.75 Å². The Morgan fingerprint density at radius 2 is 1.86 bits per heavy atom. The average molecular weight is 326 g/mol. The highest BCUT2D eigenvalue weighted by atomic mass is 32.2. The van der Waals surface area contributed by atoms with Gasteiger partial charge >= 0.3 is 0 Å². The number of hydrogen-bond acceptors (Lipinski definition) is 5. The van der Waals surface area contributed by atoms with Crippen molar-refractivity contribution in [2.45, 2.75) is 69.1 Å². The van der Waals surface area contributed by atoms with Gasteiger partial charge in [0.15, 0.2) is 0 Å². The number of nitrogens with zero attached hydrogens (tertiary/aromatic N) is 3. The maximum absolute atomic E-state index is 12.5. The number of carbonyl (C=O) groups is 1. The molecule has 2 fully saturated rings. The summed E-state index contributed by atoms with van der Waals surface area (Å²) in [6, 6.07) is 0.278. The Bertz CT molecular complexity index is 658. The summed E-state index contributed by atoms with van der Waals surface area (Å²) in [5.74, 6) is -0.389. The molecular formula is C14H22N4O3S. The number of sulfone groups is 1. The van der Waals surface area contributed by atoms with Crippen molar-refractivity contribution in [3.05, 3.63) is 5.82 Å². The highest BCUT2D eigenvalue weighted by Gasteiger charge is 2.32. The van der Waals surface area contributed by atoms with E-state index in [1.165, 1.54) is 6.42 Å². The standard InChI is InChI=1S/C14H22N4O3S/c1-10-16-17-14(18(10)12-5-3-2-4-6-12)22(20,21)9-13(19)15-11-7-8-11/h11-12H,2-9H2,1H3,(H,15,19). The molecule has 0 saturated heterocycles. The van der Waals surface area contributed by atoms with Gasteiger partial charge in [-0.3, -0.25) is 9.36 Å². The number of rotatable bonds is 5. The monoisotopic (exact) mass is 326 g/mol. The molecule has 1 heterocycles. The lowest BCUT2D eigenvalue weighted by Gasteiger charge is -2.24. The molecule has 1 amide bonds. The van der Waals surface area contributed by atoms with Gasteiger partial charge in [-0.15, -0.1) is 10.2 Å². The minimum Gasteiger partial charge on any atom is -0.352 e. The Balaban J connectivity index is 1.81. The van der Waals surface area contributed by atoms with Gasteiger partial charge in [0.05, 0.1) is 0 Å². The van der Waals surface area contributed by atoms with Crippen LogP contribution in [-0.4, -0.2) is 40.9 Å². The van der Waals surface area contributed by atoms with Crippen molar-refractivity contribution < 1.29 is 13.2 Å². The molecule has 2 aliphatic rings. The Morgan fingerprint density at radius 1 is 1.18 bits per heavy atom. The van der Waals surface area contributed by atoms with Crippen LogP contribution in [0.15, 0.2) is 5.16 Å². The minimum absolute atomic E-state index is 0.0529. The average Bonchev–Trinajstić information content (AvgIpc) is 3.18. The second-order valence-corrected chi connectivity index (χ2v) is 8.18. The Kier molecular flexibility index (Phi) is 4.20. The molecule has 0 spiro atoms. The first kappa shape index (κ1) is 15.5. The molecule has 3 rings (SSSR count). The lowest BCUT2D eigenvalue weighted by atomic mass is 9.95. The van der Waals surface area contributed by atoms with E-state index in [4.69, 9.17) is 0 Å². The highest BCUT2D eigenvalue weighted by molar-refractivity contribution is 7.91. The molecular weight excluding hydrogens is 304 g/mol. The normalized spacial score (nSPS) is 20.0. The molecule has 8 heteroatoms. The van der Waals surface area contributed by atoms with E-state index in [0.29, 0.717) is 5.82 Å². The molecule has 2 aliphatic carbocycles. The van der Waals surface area contributed by atoms with Gasteiger partial charge in [0, 0.05) is 12.1 Å². The van der Waals surface area contributed by atoms with E-state index in [0.717, 1.165) is 38.5 Å². The van der Waals surface area contributed by atoms with Crippen LogP contribution in [0, 0.1) is 6.92 Å². The van der Waals surface area contributed by atoms with Crippen molar-refractivity contribution in [3.8, 4) is 0 Å². The molecule has 1 N–H and O–H groups in total. The summed E-state index contributed by atoms with van der Waals surface area (Å²) in [4.78, 5) is 11.8. The van der Waals surface area contributed by atoms with Crippen LogP contribution in [0.5, 0.6) is 0 Å². The molecule has 0 unspecified atom stereocenters. The molecule has 0 aromatic carbocycles. The van der Waals surface area contributed by atoms with E-state index in [9.17, 15) is 13.2 Å². The van der Waals surface area contributed by atoms with E-state index >= 15 is 0 Å². The fraction of sp³-hybridized carbons (Fsp3) is 0.786. The van der Waals surface area contributed by atoms with Gasteiger partial charge < -0.3 is 5.32 Å². The van der Waals surface area contributed by atoms with Crippen LogP contribution < -0.4 is 5.32 Å². The molecule has 0 radical (unpaired) electrons. The van der Waals surface area contributed by atoms with Gasteiger partial charge in [0.25, 0.3) is 5.16 Å². The quantitative estimate of drug-likeness (QED) is 0.876. The lowest BCUT2D eigenvalue weighted by Crippen LogP contribution is -2.33.